The van der Waals surface area contributed by atoms with Gasteiger partial charge >= 0.3 is 0 Å². The molecule has 0 unspecified atom stereocenters. The molecular formula is C15H23FN2. The number of hydrogen-bond donors (Lipinski definition) is 1. The van der Waals surface area contributed by atoms with Crippen molar-refractivity contribution in [3.63, 3.8) is 0 Å². The Balaban J connectivity index is 2.33. The lowest BCUT2D eigenvalue weighted by molar-refractivity contribution is 0.437. The monoisotopic (exact) mass is 250 g/mol. The van der Waals surface area contributed by atoms with Crippen molar-refractivity contribution in [1.82, 2.24) is 0 Å². The molecule has 0 amide bonds. The second-order valence-corrected chi connectivity index (χ2v) is 5.62. The number of anilines is 1. The molecule has 1 aromatic rings. The molecule has 1 aliphatic heterocycles. The molecule has 2 N–H and O–H groups in total. The molecule has 0 spiro atoms. The van der Waals surface area contributed by atoms with Crippen molar-refractivity contribution in [2.75, 3.05) is 18.0 Å². The Kier molecular flexibility index (Phi) is 3.91. The molecule has 18 heavy (non-hydrogen) atoms. The van der Waals surface area contributed by atoms with E-state index in [2.05, 4.69) is 11.8 Å². The Morgan fingerprint density at radius 2 is 1.94 bits per heavy atom. The lowest BCUT2D eigenvalue weighted by atomic mass is 9.96. The van der Waals surface area contributed by atoms with Gasteiger partial charge in [0.15, 0.2) is 0 Å². The van der Waals surface area contributed by atoms with E-state index in [1.807, 2.05) is 19.9 Å². The van der Waals surface area contributed by atoms with Crippen LogP contribution < -0.4 is 10.6 Å². The van der Waals surface area contributed by atoms with Crippen molar-refractivity contribution in [2.24, 2.45) is 11.7 Å². The van der Waals surface area contributed by atoms with Crippen molar-refractivity contribution in [1.29, 1.82) is 0 Å². The van der Waals surface area contributed by atoms with Gasteiger partial charge < -0.3 is 10.6 Å². The number of halogens is 1. The maximum Gasteiger partial charge on any atom is 0.126 e. The number of benzene rings is 1. The predicted octanol–water partition coefficient (Wildman–Crippen LogP) is 3.39. The summed E-state index contributed by atoms with van der Waals surface area (Å²) in [5.41, 5.74) is 8.72. The zero-order chi connectivity index (χ0) is 13.3. The van der Waals surface area contributed by atoms with Gasteiger partial charge in [-0.2, -0.15) is 0 Å². The van der Waals surface area contributed by atoms with Gasteiger partial charge in [0, 0.05) is 24.8 Å². The number of hydrogen-bond acceptors (Lipinski definition) is 2. The zero-order valence-electron chi connectivity index (χ0n) is 11.5. The maximum absolute atomic E-state index is 13.7. The summed E-state index contributed by atoms with van der Waals surface area (Å²) >= 11 is 0. The molecule has 0 aliphatic carbocycles. The van der Waals surface area contributed by atoms with Crippen LogP contribution >= 0.6 is 0 Å². The summed E-state index contributed by atoms with van der Waals surface area (Å²) in [5.74, 6) is 0.637. The predicted molar refractivity (Wildman–Crippen MR) is 74.4 cm³/mol. The molecule has 3 heteroatoms. The molecule has 0 saturated carbocycles. The van der Waals surface area contributed by atoms with Crippen molar-refractivity contribution < 1.29 is 4.39 Å². The van der Waals surface area contributed by atoms with Gasteiger partial charge in [0.2, 0.25) is 0 Å². The molecule has 1 atom stereocenters. The van der Waals surface area contributed by atoms with E-state index in [4.69, 9.17) is 5.73 Å². The van der Waals surface area contributed by atoms with Crippen molar-refractivity contribution in [3.8, 4) is 0 Å². The third kappa shape index (κ3) is 2.66. The van der Waals surface area contributed by atoms with Crippen LogP contribution in [0.2, 0.25) is 0 Å². The number of nitrogens with zero attached hydrogens (tertiary/aromatic N) is 1. The van der Waals surface area contributed by atoms with Crippen LogP contribution in [0.3, 0.4) is 0 Å². The van der Waals surface area contributed by atoms with E-state index in [1.54, 1.807) is 6.07 Å². The average molecular weight is 250 g/mol. The van der Waals surface area contributed by atoms with Crippen molar-refractivity contribution in [2.45, 2.75) is 39.7 Å². The van der Waals surface area contributed by atoms with Crippen LogP contribution in [-0.2, 0) is 0 Å². The first-order valence-electron chi connectivity index (χ1n) is 6.79. The topological polar surface area (TPSA) is 29.3 Å². The van der Waals surface area contributed by atoms with Crippen LogP contribution in [0.25, 0.3) is 0 Å². The molecular weight excluding hydrogens is 227 g/mol. The Morgan fingerprint density at radius 1 is 1.33 bits per heavy atom. The molecule has 100 valence electrons. The van der Waals surface area contributed by atoms with E-state index < -0.39 is 0 Å². The summed E-state index contributed by atoms with van der Waals surface area (Å²) in [6.07, 6.45) is 2.41. The quantitative estimate of drug-likeness (QED) is 0.871. The number of rotatable bonds is 2. The second-order valence-electron chi connectivity index (χ2n) is 5.62. The van der Waals surface area contributed by atoms with Crippen LogP contribution in [0.15, 0.2) is 12.1 Å². The lowest BCUT2D eigenvalue weighted by Gasteiger charge is -2.34. The third-order valence-corrected chi connectivity index (χ3v) is 3.92. The molecule has 1 fully saturated rings. The number of nitrogens with two attached hydrogens (primary N) is 1. The van der Waals surface area contributed by atoms with Crippen molar-refractivity contribution >= 4 is 5.69 Å². The lowest BCUT2D eigenvalue weighted by Crippen LogP contribution is -2.34. The SMILES string of the molecule is Cc1cc(N2CCC(C)CC2)c([C@H](C)N)cc1F. The fourth-order valence-electron chi connectivity index (χ4n) is 2.57. The minimum Gasteiger partial charge on any atom is -0.371 e. The van der Waals surface area contributed by atoms with Gasteiger partial charge in [0.25, 0.3) is 0 Å². The van der Waals surface area contributed by atoms with Gasteiger partial charge in [0.05, 0.1) is 0 Å². The van der Waals surface area contributed by atoms with Gasteiger partial charge in [-0.25, -0.2) is 4.39 Å². The van der Waals surface area contributed by atoms with E-state index in [9.17, 15) is 4.39 Å². The fourth-order valence-corrected chi connectivity index (χ4v) is 2.57. The highest BCUT2D eigenvalue weighted by Gasteiger charge is 2.20. The summed E-state index contributed by atoms with van der Waals surface area (Å²) in [7, 11) is 0. The standard InChI is InChI=1S/C15H23FN2/c1-10-4-6-18(7-5-10)15-8-11(2)14(16)9-13(15)12(3)17/h8-10,12H,4-7,17H2,1-3H3/t12-/m0/s1. The molecule has 1 aromatic carbocycles. The maximum atomic E-state index is 13.7. The van der Waals surface area contributed by atoms with E-state index >= 15 is 0 Å². The van der Waals surface area contributed by atoms with Gasteiger partial charge in [-0.05, 0) is 55.9 Å². The summed E-state index contributed by atoms with van der Waals surface area (Å²) in [4.78, 5) is 2.35. The van der Waals surface area contributed by atoms with Gasteiger partial charge in [-0.1, -0.05) is 6.92 Å². The summed E-state index contributed by atoms with van der Waals surface area (Å²) in [6, 6.07) is 3.42. The smallest absolute Gasteiger partial charge is 0.126 e. The molecule has 1 heterocycles. The minimum atomic E-state index is -0.156. The van der Waals surface area contributed by atoms with Crippen LogP contribution in [0, 0.1) is 18.7 Å². The summed E-state index contributed by atoms with van der Waals surface area (Å²) in [5, 5.41) is 0. The van der Waals surface area contributed by atoms with Gasteiger partial charge in [-0.3, -0.25) is 0 Å². The van der Waals surface area contributed by atoms with Gasteiger partial charge in [-0.15, -0.1) is 0 Å². The first kappa shape index (κ1) is 13.3. The molecule has 1 saturated heterocycles. The second kappa shape index (κ2) is 5.27. The van der Waals surface area contributed by atoms with Crippen LogP contribution in [0.4, 0.5) is 10.1 Å². The van der Waals surface area contributed by atoms with Gasteiger partial charge in [0.1, 0.15) is 5.82 Å². The highest BCUT2D eigenvalue weighted by molar-refractivity contribution is 5.57. The molecule has 2 nitrogen and oxygen atoms in total. The minimum absolute atomic E-state index is 0.130. The molecule has 0 bridgehead atoms. The normalized spacial score (nSPS) is 19.1. The number of aryl methyl sites for hydroxylation is 1. The molecule has 2 rings (SSSR count). The molecule has 0 aromatic heterocycles. The van der Waals surface area contributed by atoms with Crippen LogP contribution in [0.5, 0.6) is 0 Å². The Morgan fingerprint density at radius 3 is 2.50 bits per heavy atom. The van der Waals surface area contributed by atoms with E-state index in [-0.39, 0.29) is 11.9 Å². The average Bonchev–Trinajstić information content (AvgIpc) is 2.33. The Hall–Kier alpha value is -1.09. The van der Waals surface area contributed by atoms with Crippen LogP contribution in [0.1, 0.15) is 43.9 Å². The zero-order valence-corrected chi connectivity index (χ0v) is 11.5. The van der Waals surface area contributed by atoms with E-state index in [0.717, 1.165) is 30.3 Å². The van der Waals surface area contributed by atoms with Crippen molar-refractivity contribution in [3.05, 3.63) is 29.1 Å². The molecule has 1 aliphatic rings. The first-order valence-corrected chi connectivity index (χ1v) is 6.79. The van der Waals surface area contributed by atoms with E-state index in [0.29, 0.717) is 5.56 Å². The largest absolute Gasteiger partial charge is 0.371 e. The molecule has 0 radical (unpaired) electrons. The highest BCUT2D eigenvalue weighted by Crippen LogP contribution is 2.31. The Bertz CT molecular complexity index is 421. The summed E-state index contributed by atoms with van der Waals surface area (Å²) < 4.78 is 13.7. The third-order valence-electron chi connectivity index (χ3n) is 3.92. The van der Waals surface area contributed by atoms with E-state index in [1.165, 1.54) is 12.8 Å². The highest BCUT2D eigenvalue weighted by atomic mass is 19.1. The summed E-state index contributed by atoms with van der Waals surface area (Å²) in [6.45, 7) is 8.12. The van der Waals surface area contributed by atoms with Crippen LogP contribution in [-0.4, -0.2) is 13.1 Å². The number of piperidine rings is 1. The Labute approximate surface area is 109 Å². The first-order chi connectivity index (χ1) is 8.49. The fraction of sp³-hybridized carbons (Fsp3) is 0.600.